The first-order valence-corrected chi connectivity index (χ1v) is 11.3. The molecule has 0 aromatic carbocycles. The molecule has 0 radical (unpaired) electrons. The van der Waals surface area contributed by atoms with Crippen molar-refractivity contribution in [1.29, 1.82) is 0 Å². The summed E-state index contributed by atoms with van der Waals surface area (Å²) < 4.78 is 0. The van der Waals surface area contributed by atoms with Gasteiger partial charge in [0.25, 0.3) is 5.56 Å². The summed E-state index contributed by atoms with van der Waals surface area (Å²) in [6.07, 6.45) is 6.06. The summed E-state index contributed by atoms with van der Waals surface area (Å²) in [5.74, 6) is 1.52. The monoisotopic (exact) mass is 414 g/mol. The van der Waals surface area contributed by atoms with Gasteiger partial charge in [0.2, 0.25) is 5.91 Å². The number of hydrogen-bond donors (Lipinski definition) is 2. The minimum atomic E-state index is -0.291. The van der Waals surface area contributed by atoms with Crippen LogP contribution in [0.15, 0.2) is 23.1 Å². The van der Waals surface area contributed by atoms with E-state index in [1.54, 1.807) is 23.6 Å². The predicted octanol–water partition coefficient (Wildman–Crippen LogP) is 3.83. The molecule has 1 atom stereocenters. The van der Waals surface area contributed by atoms with Crippen LogP contribution in [-0.4, -0.2) is 26.1 Å². The van der Waals surface area contributed by atoms with Gasteiger partial charge in [0.1, 0.15) is 16.5 Å². The number of nitrogens with one attached hydrogen (secondary N) is 2. The average Bonchev–Trinajstić information content (AvgIpc) is 3.06. The number of anilines is 1. The van der Waals surface area contributed by atoms with Crippen molar-refractivity contribution in [3.8, 4) is 0 Å². The van der Waals surface area contributed by atoms with Crippen molar-refractivity contribution in [3.63, 3.8) is 0 Å². The zero-order chi connectivity index (χ0) is 19.7. The van der Waals surface area contributed by atoms with Crippen LogP contribution >= 0.6 is 23.1 Å². The molecule has 3 heterocycles. The van der Waals surface area contributed by atoms with Gasteiger partial charge in [-0.3, -0.25) is 9.59 Å². The smallest absolute Gasteiger partial charge is 0.259 e. The summed E-state index contributed by atoms with van der Waals surface area (Å²) in [7, 11) is 0. The topological polar surface area (TPSA) is 87.7 Å². The number of H-pyrrole nitrogens is 1. The number of nitrogens with zero attached hydrogens (tertiary/aromatic N) is 2. The SMILES string of the molecule is Cc1ccc(NC(=O)[C@H](C)SCc2nc3sc4c(c3c(=O)[nH]2)CCCC4)nc1. The summed E-state index contributed by atoms with van der Waals surface area (Å²) in [6.45, 7) is 3.79. The Labute approximate surface area is 171 Å². The van der Waals surface area contributed by atoms with Crippen LogP contribution in [0.4, 0.5) is 5.82 Å². The number of aryl methyl sites for hydroxylation is 3. The molecule has 8 heteroatoms. The highest BCUT2D eigenvalue weighted by Crippen LogP contribution is 2.33. The van der Waals surface area contributed by atoms with E-state index >= 15 is 0 Å². The van der Waals surface area contributed by atoms with E-state index in [0.717, 1.165) is 35.0 Å². The molecule has 0 aliphatic heterocycles. The summed E-state index contributed by atoms with van der Waals surface area (Å²) in [6, 6.07) is 3.70. The molecule has 0 saturated heterocycles. The third-order valence-electron chi connectivity index (χ3n) is 4.88. The van der Waals surface area contributed by atoms with Gasteiger partial charge in [-0.1, -0.05) is 6.07 Å². The Morgan fingerprint density at radius 3 is 2.96 bits per heavy atom. The van der Waals surface area contributed by atoms with Crippen LogP contribution in [0.3, 0.4) is 0 Å². The highest BCUT2D eigenvalue weighted by molar-refractivity contribution is 7.99. The number of carbonyl (C=O) groups excluding carboxylic acids is 1. The molecular formula is C20H22N4O2S2. The second kappa shape index (κ2) is 8.05. The number of aromatic nitrogens is 3. The number of aromatic amines is 1. The van der Waals surface area contributed by atoms with E-state index in [-0.39, 0.29) is 16.7 Å². The maximum atomic E-state index is 12.6. The Morgan fingerprint density at radius 2 is 2.18 bits per heavy atom. The van der Waals surface area contributed by atoms with Crippen LogP contribution in [-0.2, 0) is 23.4 Å². The van der Waals surface area contributed by atoms with Crippen LogP contribution in [0.1, 0.15) is 41.6 Å². The Bertz CT molecular complexity index is 1070. The van der Waals surface area contributed by atoms with Gasteiger partial charge in [0.15, 0.2) is 0 Å². The Morgan fingerprint density at radius 1 is 1.36 bits per heavy atom. The third-order valence-corrected chi connectivity index (χ3v) is 7.22. The first-order chi connectivity index (χ1) is 13.5. The summed E-state index contributed by atoms with van der Waals surface area (Å²) in [5.41, 5.74) is 2.18. The lowest BCUT2D eigenvalue weighted by atomic mass is 9.97. The van der Waals surface area contributed by atoms with E-state index in [2.05, 4.69) is 20.3 Å². The van der Waals surface area contributed by atoms with Gasteiger partial charge in [-0.05, 0) is 56.7 Å². The van der Waals surface area contributed by atoms with E-state index in [9.17, 15) is 9.59 Å². The third kappa shape index (κ3) is 3.98. The highest BCUT2D eigenvalue weighted by atomic mass is 32.2. The average molecular weight is 415 g/mol. The number of thiophene rings is 1. The molecule has 3 aromatic rings. The quantitative estimate of drug-likeness (QED) is 0.662. The molecule has 0 fully saturated rings. The molecule has 3 aromatic heterocycles. The van der Waals surface area contributed by atoms with Crippen molar-refractivity contribution < 1.29 is 4.79 Å². The number of hydrogen-bond acceptors (Lipinski definition) is 6. The molecule has 0 unspecified atom stereocenters. The van der Waals surface area contributed by atoms with Crippen LogP contribution in [0.5, 0.6) is 0 Å². The molecule has 0 spiro atoms. The molecule has 146 valence electrons. The largest absolute Gasteiger partial charge is 0.310 e. The number of fused-ring (bicyclic) bond motifs is 3. The molecule has 2 N–H and O–H groups in total. The second-order valence-corrected chi connectivity index (χ2v) is 9.48. The molecule has 0 bridgehead atoms. The minimum Gasteiger partial charge on any atom is -0.310 e. The molecular weight excluding hydrogens is 392 g/mol. The minimum absolute atomic E-state index is 0.0547. The zero-order valence-corrected chi connectivity index (χ0v) is 17.5. The first kappa shape index (κ1) is 19.1. The first-order valence-electron chi connectivity index (χ1n) is 9.40. The van der Waals surface area contributed by atoms with E-state index < -0.39 is 0 Å². The van der Waals surface area contributed by atoms with Gasteiger partial charge < -0.3 is 10.3 Å². The fourth-order valence-electron chi connectivity index (χ4n) is 3.33. The number of amides is 1. The van der Waals surface area contributed by atoms with Crippen molar-refractivity contribution in [2.24, 2.45) is 0 Å². The van der Waals surface area contributed by atoms with Crippen molar-refractivity contribution >= 4 is 45.0 Å². The van der Waals surface area contributed by atoms with Gasteiger partial charge in [-0.2, -0.15) is 0 Å². The van der Waals surface area contributed by atoms with Crippen LogP contribution in [0.25, 0.3) is 10.2 Å². The van der Waals surface area contributed by atoms with Crippen LogP contribution in [0.2, 0.25) is 0 Å². The molecule has 1 aliphatic rings. The lowest BCUT2D eigenvalue weighted by molar-refractivity contribution is -0.115. The lowest BCUT2D eigenvalue weighted by Crippen LogP contribution is -2.23. The normalized spacial score (nSPS) is 14.6. The second-order valence-electron chi connectivity index (χ2n) is 7.07. The Kier molecular flexibility index (Phi) is 5.50. The zero-order valence-electron chi connectivity index (χ0n) is 15.9. The lowest BCUT2D eigenvalue weighted by Gasteiger charge is -2.11. The van der Waals surface area contributed by atoms with Gasteiger partial charge in [0, 0.05) is 11.1 Å². The molecule has 4 rings (SSSR count). The Hall–Kier alpha value is -2.19. The highest BCUT2D eigenvalue weighted by Gasteiger charge is 2.20. The van der Waals surface area contributed by atoms with Gasteiger partial charge in [0.05, 0.1) is 16.4 Å². The number of rotatable bonds is 5. The van der Waals surface area contributed by atoms with Gasteiger partial charge >= 0.3 is 0 Å². The fraction of sp³-hybridized carbons (Fsp3) is 0.400. The maximum absolute atomic E-state index is 12.6. The van der Waals surface area contributed by atoms with E-state index in [0.29, 0.717) is 17.4 Å². The number of carbonyl (C=O) groups is 1. The molecule has 1 amide bonds. The van der Waals surface area contributed by atoms with Gasteiger partial charge in [-0.25, -0.2) is 9.97 Å². The number of thioether (sulfide) groups is 1. The van der Waals surface area contributed by atoms with Gasteiger partial charge in [-0.15, -0.1) is 23.1 Å². The summed E-state index contributed by atoms with van der Waals surface area (Å²) >= 11 is 3.09. The van der Waals surface area contributed by atoms with Crippen molar-refractivity contribution in [2.45, 2.75) is 50.5 Å². The van der Waals surface area contributed by atoms with Crippen molar-refractivity contribution in [2.75, 3.05) is 5.32 Å². The van der Waals surface area contributed by atoms with E-state index in [4.69, 9.17) is 0 Å². The van der Waals surface area contributed by atoms with Crippen molar-refractivity contribution in [1.82, 2.24) is 15.0 Å². The fourth-order valence-corrected chi connectivity index (χ4v) is 5.36. The van der Waals surface area contributed by atoms with Crippen LogP contribution < -0.4 is 10.9 Å². The summed E-state index contributed by atoms with van der Waals surface area (Å²) in [4.78, 5) is 38.9. The summed E-state index contributed by atoms with van der Waals surface area (Å²) in [5, 5.41) is 3.30. The number of pyridine rings is 1. The molecule has 0 saturated carbocycles. The van der Waals surface area contributed by atoms with E-state index in [1.807, 2.05) is 19.9 Å². The Balaban J connectivity index is 1.44. The van der Waals surface area contributed by atoms with Crippen molar-refractivity contribution in [3.05, 3.63) is 50.5 Å². The predicted molar refractivity (Wildman–Crippen MR) is 115 cm³/mol. The molecule has 1 aliphatic carbocycles. The standard InChI is InChI=1S/C20H22N4O2S2/c1-11-7-8-15(21-9-11)22-18(25)12(2)27-10-16-23-19(26)17-13-5-3-4-6-14(13)28-20(17)24-16/h7-9,12H,3-6,10H2,1-2H3,(H,21,22,25)(H,23,24,26)/t12-/m0/s1. The molecule has 6 nitrogen and oxygen atoms in total. The maximum Gasteiger partial charge on any atom is 0.259 e. The van der Waals surface area contributed by atoms with E-state index in [1.165, 1.54) is 28.6 Å². The van der Waals surface area contributed by atoms with Crippen LogP contribution in [0, 0.1) is 6.92 Å². The molecule has 28 heavy (non-hydrogen) atoms.